The second-order valence-corrected chi connectivity index (χ2v) is 6.50. The number of rotatable bonds is 6. The van der Waals surface area contributed by atoms with E-state index in [1.54, 1.807) is 6.20 Å². The molecule has 8 heteroatoms. The number of hydrogen-bond acceptors (Lipinski definition) is 4. The number of nitrogens with zero attached hydrogens (tertiary/aromatic N) is 2. The molecule has 0 radical (unpaired) electrons. The van der Waals surface area contributed by atoms with Crippen LogP contribution in [0.25, 0.3) is 11.3 Å². The molecule has 1 saturated heterocycles. The van der Waals surface area contributed by atoms with Gasteiger partial charge in [-0.3, -0.25) is 4.79 Å². The van der Waals surface area contributed by atoms with Crippen LogP contribution in [0.1, 0.15) is 25.2 Å². The summed E-state index contributed by atoms with van der Waals surface area (Å²) in [5.74, 6) is 1.47. The average Bonchev–Trinajstić information content (AvgIpc) is 3.23. The molecule has 1 aromatic carbocycles. The summed E-state index contributed by atoms with van der Waals surface area (Å²) in [6.07, 6.45) is 4.81. The van der Waals surface area contributed by atoms with E-state index in [2.05, 4.69) is 10.3 Å². The van der Waals surface area contributed by atoms with Crippen molar-refractivity contribution in [1.82, 2.24) is 15.2 Å². The van der Waals surface area contributed by atoms with Gasteiger partial charge in [-0.05, 0) is 44.2 Å². The highest BCUT2D eigenvalue weighted by atomic mass is 35.5. The van der Waals surface area contributed by atoms with Crippen molar-refractivity contribution in [3.63, 3.8) is 0 Å². The molecular weight excluding hydrogens is 397 g/mol. The number of likely N-dealkylation sites (N-methyl/N-ethyl adjacent to an activating group) is 1. The van der Waals surface area contributed by atoms with Crippen molar-refractivity contribution >= 4 is 42.3 Å². The largest absolute Gasteiger partial charge is 0.441 e. The van der Waals surface area contributed by atoms with E-state index in [4.69, 9.17) is 16.0 Å². The number of oxazole rings is 1. The molecule has 1 aliphatic heterocycles. The summed E-state index contributed by atoms with van der Waals surface area (Å²) in [5, 5.41) is 3.85. The molecule has 2 aromatic rings. The van der Waals surface area contributed by atoms with Crippen molar-refractivity contribution in [2.75, 3.05) is 20.1 Å². The van der Waals surface area contributed by atoms with Crippen molar-refractivity contribution in [2.45, 2.75) is 31.7 Å². The molecule has 1 amide bonds. The Bertz CT molecular complexity index is 691. The van der Waals surface area contributed by atoms with Gasteiger partial charge in [0.15, 0.2) is 11.7 Å². The minimum absolute atomic E-state index is 0. The third-order valence-electron chi connectivity index (χ3n) is 4.37. The van der Waals surface area contributed by atoms with Crippen LogP contribution in [-0.2, 0) is 11.2 Å². The lowest BCUT2D eigenvalue weighted by Gasteiger charge is -2.24. The van der Waals surface area contributed by atoms with Gasteiger partial charge in [0.1, 0.15) is 0 Å². The molecule has 0 saturated carbocycles. The van der Waals surface area contributed by atoms with Gasteiger partial charge < -0.3 is 14.6 Å². The van der Waals surface area contributed by atoms with Crippen LogP contribution < -0.4 is 5.32 Å². The maximum absolute atomic E-state index is 12.4. The third kappa shape index (κ3) is 5.61. The number of carbonyl (C=O) groups excluding carboxylic acids is 1. The molecule has 1 atom stereocenters. The third-order valence-corrected chi connectivity index (χ3v) is 4.62. The Morgan fingerprint density at radius 1 is 1.35 bits per heavy atom. The Morgan fingerprint density at radius 2 is 2.08 bits per heavy atom. The monoisotopic (exact) mass is 419 g/mol. The molecule has 0 spiro atoms. The SMILES string of the molecule is CNCC1CCCN1C(=O)CCc1ncc(-c2ccc(Cl)cc2)o1.Cl.Cl. The first kappa shape index (κ1) is 22.8. The zero-order chi connectivity index (χ0) is 16.9. The summed E-state index contributed by atoms with van der Waals surface area (Å²) in [5.41, 5.74) is 0.929. The van der Waals surface area contributed by atoms with Crippen molar-refractivity contribution in [3.8, 4) is 11.3 Å². The Balaban J connectivity index is 0.00000169. The smallest absolute Gasteiger partial charge is 0.223 e. The molecule has 0 aliphatic carbocycles. The fourth-order valence-corrected chi connectivity index (χ4v) is 3.27. The molecule has 144 valence electrons. The number of aromatic nitrogens is 1. The van der Waals surface area contributed by atoms with Gasteiger partial charge >= 0.3 is 0 Å². The predicted octanol–water partition coefficient (Wildman–Crippen LogP) is 3.98. The Kier molecular flexibility index (Phi) is 9.44. The highest BCUT2D eigenvalue weighted by molar-refractivity contribution is 6.30. The van der Waals surface area contributed by atoms with Gasteiger partial charge in [-0.2, -0.15) is 0 Å². The lowest BCUT2D eigenvalue weighted by molar-refractivity contribution is -0.131. The second kappa shape index (κ2) is 10.8. The van der Waals surface area contributed by atoms with Crippen LogP contribution in [0.4, 0.5) is 0 Å². The van der Waals surface area contributed by atoms with Gasteiger partial charge in [0.2, 0.25) is 5.91 Å². The predicted molar refractivity (Wildman–Crippen MR) is 108 cm³/mol. The summed E-state index contributed by atoms with van der Waals surface area (Å²) >= 11 is 5.89. The number of nitrogens with one attached hydrogen (secondary N) is 1. The molecule has 1 N–H and O–H groups in total. The number of aryl methyl sites for hydroxylation is 1. The van der Waals surface area contributed by atoms with Crippen LogP contribution >= 0.6 is 36.4 Å². The second-order valence-electron chi connectivity index (χ2n) is 6.07. The molecule has 2 heterocycles. The Morgan fingerprint density at radius 3 is 2.77 bits per heavy atom. The lowest BCUT2D eigenvalue weighted by Crippen LogP contribution is -2.40. The van der Waals surface area contributed by atoms with E-state index in [0.717, 1.165) is 31.5 Å². The highest BCUT2D eigenvalue weighted by Gasteiger charge is 2.27. The molecule has 1 aliphatic rings. The van der Waals surface area contributed by atoms with E-state index < -0.39 is 0 Å². The maximum atomic E-state index is 12.4. The molecule has 0 bridgehead atoms. The minimum Gasteiger partial charge on any atom is -0.441 e. The number of likely N-dealkylation sites (tertiary alicyclic amines) is 1. The van der Waals surface area contributed by atoms with Crippen molar-refractivity contribution in [2.24, 2.45) is 0 Å². The molecule has 1 unspecified atom stereocenters. The first-order valence-corrected chi connectivity index (χ1v) is 8.70. The van der Waals surface area contributed by atoms with Crippen LogP contribution in [-0.4, -0.2) is 42.0 Å². The van der Waals surface area contributed by atoms with Gasteiger partial charge in [-0.15, -0.1) is 24.8 Å². The normalized spacial score (nSPS) is 16.1. The first-order valence-electron chi connectivity index (χ1n) is 8.32. The molecule has 1 aromatic heterocycles. The Labute approximate surface area is 171 Å². The van der Waals surface area contributed by atoms with Gasteiger partial charge in [0.05, 0.1) is 6.20 Å². The summed E-state index contributed by atoms with van der Waals surface area (Å²) in [6, 6.07) is 7.74. The molecule has 1 fully saturated rings. The van der Waals surface area contributed by atoms with E-state index in [9.17, 15) is 4.79 Å². The van der Waals surface area contributed by atoms with Crippen LogP contribution in [0.2, 0.25) is 5.02 Å². The van der Waals surface area contributed by atoms with E-state index in [-0.39, 0.29) is 30.7 Å². The van der Waals surface area contributed by atoms with Crippen LogP contribution in [0.3, 0.4) is 0 Å². The highest BCUT2D eigenvalue weighted by Crippen LogP contribution is 2.23. The van der Waals surface area contributed by atoms with E-state index >= 15 is 0 Å². The Hall–Kier alpha value is -1.27. The molecule has 5 nitrogen and oxygen atoms in total. The summed E-state index contributed by atoms with van der Waals surface area (Å²) in [7, 11) is 1.92. The van der Waals surface area contributed by atoms with Crippen molar-refractivity contribution in [3.05, 3.63) is 41.4 Å². The zero-order valence-electron chi connectivity index (χ0n) is 14.6. The van der Waals surface area contributed by atoms with E-state index in [1.165, 1.54) is 0 Å². The molecular formula is C18H24Cl3N3O2. The summed E-state index contributed by atoms with van der Waals surface area (Å²) < 4.78 is 5.76. The van der Waals surface area contributed by atoms with Crippen molar-refractivity contribution < 1.29 is 9.21 Å². The van der Waals surface area contributed by atoms with Crippen LogP contribution in [0.15, 0.2) is 34.9 Å². The van der Waals surface area contributed by atoms with Crippen LogP contribution in [0, 0.1) is 0 Å². The number of carbonyl (C=O) groups is 1. The van der Waals surface area contributed by atoms with E-state index in [0.29, 0.717) is 35.6 Å². The quantitative estimate of drug-likeness (QED) is 0.768. The molecule has 26 heavy (non-hydrogen) atoms. The van der Waals surface area contributed by atoms with Gasteiger partial charge in [-0.25, -0.2) is 4.98 Å². The molecule has 3 rings (SSSR count). The summed E-state index contributed by atoms with van der Waals surface area (Å²) in [4.78, 5) is 18.7. The minimum atomic E-state index is 0. The summed E-state index contributed by atoms with van der Waals surface area (Å²) in [6.45, 7) is 1.71. The first-order chi connectivity index (χ1) is 11.7. The fraction of sp³-hybridized carbons (Fsp3) is 0.444. The topological polar surface area (TPSA) is 58.4 Å². The number of benzene rings is 1. The number of amides is 1. The lowest BCUT2D eigenvalue weighted by atomic mass is 10.2. The van der Waals surface area contributed by atoms with Crippen LogP contribution in [0.5, 0.6) is 0 Å². The van der Waals surface area contributed by atoms with Gasteiger partial charge in [-0.1, -0.05) is 11.6 Å². The fourth-order valence-electron chi connectivity index (χ4n) is 3.14. The number of hydrogen-bond donors (Lipinski definition) is 1. The zero-order valence-corrected chi connectivity index (χ0v) is 17.0. The van der Waals surface area contributed by atoms with Crippen molar-refractivity contribution in [1.29, 1.82) is 0 Å². The van der Waals surface area contributed by atoms with Gasteiger partial charge in [0.25, 0.3) is 0 Å². The average molecular weight is 421 g/mol. The van der Waals surface area contributed by atoms with Gasteiger partial charge in [0, 0.05) is 42.6 Å². The number of halogens is 3. The van der Waals surface area contributed by atoms with E-state index in [1.807, 2.05) is 36.2 Å². The standard InChI is InChI=1S/C18H22ClN3O2.2ClH/c1-20-11-15-3-2-10-22(15)18(23)9-8-17-21-12-16(24-17)13-4-6-14(19)7-5-13;;/h4-7,12,15,20H,2-3,8-11H2,1H3;2*1H. The maximum Gasteiger partial charge on any atom is 0.223 e.